The minimum atomic E-state index is -0.241. The zero-order valence-corrected chi connectivity index (χ0v) is 15.3. The van der Waals surface area contributed by atoms with Gasteiger partial charge < -0.3 is 19.7 Å². The number of amides is 2. The molecule has 0 aliphatic carbocycles. The van der Waals surface area contributed by atoms with E-state index in [1.54, 1.807) is 35.2 Å². The van der Waals surface area contributed by atoms with Gasteiger partial charge in [-0.15, -0.1) is 0 Å². The minimum absolute atomic E-state index is 0.118. The molecule has 0 unspecified atom stereocenters. The second-order valence-electron chi connectivity index (χ2n) is 5.93. The lowest BCUT2D eigenvalue weighted by Gasteiger charge is -2.23. The van der Waals surface area contributed by atoms with Crippen molar-refractivity contribution in [2.45, 2.75) is 13.8 Å². The number of benzene rings is 2. The summed E-state index contributed by atoms with van der Waals surface area (Å²) in [4.78, 5) is 25.9. The summed E-state index contributed by atoms with van der Waals surface area (Å²) < 4.78 is 10.5. The normalized spacial score (nSPS) is 12.0. The van der Waals surface area contributed by atoms with Gasteiger partial charge in [0.25, 0.3) is 5.91 Å². The molecule has 1 aliphatic rings. The van der Waals surface area contributed by atoms with Crippen LogP contribution in [-0.4, -0.2) is 31.7 Å². The molecule has 0 aromatic heterocycles. The first-order valence-electron chi connectivity index (χ1n) is 8.18. The maximum atomic E-state index is 12.3. The predicted molar refractivity (Wildman–Crippen MR) is 99.1 cm³/mol. The summed E-state index contributed by atoms with van der Waals surface area (Å²) in [7, 11) is 0. The number of halogens is 1. The van der Waals surface area contributed by atoms with Gasteiger partial charge in [0, 0.05) is 36.3 Å². The van der Waals surface area contributed by atoms with Gasteiger partial charge >= 0.3 is 0 Å². The van der Waals surface area contributed by atoms with Crippen molar-refractivity contribution in [1.82, 2.24) is 5.32 Å². The first-order valence-corrected chi connectivity index (χ1v) is 8.55. The van der Waals surface area contributed by atoms with Gasteiger partial charge in [0.2, 0.25) is 12.7 Å². The van der Waals surface area contributed by atoms with Crippen LogP contribution in [-0.2, 0) is 4.79 Å². The second-order valence-corrected chi connectivity index (χ2v) is 6.36. The highest BCUT2D eigenvalue weighted by Crippen LogP contribution is 2.32. The van der Waals surface area contributed by atoms with Crippen molar-refractivity contribution in [2.24, 2.45) is 0 Å². The van der Waals surface area contributed by atoms with Gasteiger partial charge in [-0.3, -0.25) is 9.59 Å². The fourth-order valence-electron chi connectivity index (χ4n) is 2.74. The van der Waals surface area contributed by atoms with E-state index in [2.05, 4.69) is 5.32 Å². The molecule has 1 heterocycles. The smallest absolute Gasteiger partial charge is 0.251 e. The minimum Gasteiger partial charge on any atom is -0.454 e. The van der Waals surface area contributed by atoms with Crippen LogP contribution in [0.3, 0.4) is 0 Å². The second kappa shape index (κ2) is 7.66. The van der Waals surface area contributed by atoms with Crippen LogP contribution in [0, 0.1) is 6.92 Å². The summed E-state index contributed by atoms with van der Waals surface area (Å²) in [6, 6.07) is 10.4. The molecule has 136 valence electrons. The Labute approximate surface area is 156 Å². The number of fused-ring (bicyclic) bond motifs is 1. The number of nitrogens with one attached hydrogen (secondary N) is 1. The van der Waals surface area contributed by atoms with Gasteiger partial charge in [0.05, 0.1) is 0 Å². The van der Waals surface area contributed by atoms with Gasteiger partial charge in [-0.05, 0) is 42.8 Å². The number of anilines is 1. The Morgan fingerprint density at radius 3 is 2.69 bits per heavy atom. The molecule has 7 heteroatoms. The van der Waals surface area contributed by atoms with E-state index in [-0.39, 0.29) is 18.6 Å². The average Bonchev–Trinajstić information content (AvgIpc) is 3.08. The Balaban J connectivity index is 1.64. The molecule has 6 nitrogen and oxygen atoms in total. The lowest BCUT2D eigenvalue weighted by molar-refractivity contribution is -0.116. The number of rotatable bonds is 5. The topological polar surface area (TPSA) is 67.9 Å². The van der Waals surface area contributed by atoms with E-state index in [0.717, 1.165) is 11.3 Å². The van der Waals surface area contributed by atoms with Gasteiger partial charge in [0.15, 0.2) is 11.5 Å². The van der Waals surface area contributed by atoms with E-state index in [0.29, 0.717) is 35.2 Å². The van der Waals surface area contributed by atoms with Crippen LogP contribution in [0.25, 0.3) is 0 Å². The van der Waals surface area contributed by atoms with Crippen molar-refractivity contribution in [3.63, 3.8) is 0 Å². The molecule has 0 fully saturated rings. The fraction of sp³-hybridized carbons (Fsp3) is 0.263. The summed E-state index contributed by atoms with van der Waals surface area (Å²) in [5.74, 6) is 0.820. The van der Waals surface area contributed by atoms with Gasteiger partial charge in [0.1, 0.15) is 0 Å². The molecule has 2 aromatic carbocycles. The Hall–Kier alpha value is -2.73. The molecular formula is C19H19ClN2O4. The number of nitrogens with zero attached hydrogens (tertiary/aromatic N) is 1. The van der Waals surface area contributed by atoms with Crippen molar-refractivity contribution in [3.8, 4) is 11.5 Å². The number of hydrogen-bond acceptors (Lipinski definition) is 4. The molecule has 3 rings (SSSR count). The van der Waals surface area contributed by atoms with Gasteiger partial charge in [-0.1, -0.05) is 17.7 Å². The van der Waals surface area contributed by atoms with E-state index >= 15 is 0 Å². The highest BCUT2D eigenvalue weighted by atomic mass is 35.5. The average molecular weight is 375 g/mol. The molecule has 0 radical (unpaired) electrons. The SMILES string of the molecule is CC(=O)N(CCNC(=O)c1ccc2c(c1)OCO2)c1cc(Cl)ccc1C. The Kier molecular flexibility index (Phi) is 5.32. The maximum absolute atomic E-state index is 12.3. The Morgan fingerprint density at radius 2 is 1.92 bits per heavy atom. The van der Waals surface area contributed by atoms with Gasteiger partial charge in [-0.2, -0.15) is 0 Å². The Bertz CT molecular complexity index is 853. The largest absolute Gasteiger partial charge is 0.454 e. The molecule has 2 aromatic rings. The quantitative estimate of drug-likeness (QED) is 0.872. The summed E-state index contributed by atoms with van der Waals surface area (Å²) >= 11 is 6.05. The zero-order chi connectivity index (χ0) is 18.7. The number of aryl methyl sites for hydroxylation is 1. The first-order chi connectivity index (χ1) is 12.5. The lowest BCUT2D eigenvalue weighted by atomic mass is 10.1. The van der Waals surface area contributed by atoms with Crippen LogP contribution in [0.2, 0.25) is 5.02 Å². The molecule has 26 heavy (non-hydrogen) atoms. The van der Waals surface area contributed by atoms with Crippen LogP contribution >= 0.6 is 11.6 Å². The third kappa shape index (κ3) is 3.91. The molecule has 1 N–H and O–H groups in total. The van der Waals surface area contributed by atoms with Crippen LogP contribution in [0.1, 0.15) is 22.8 Å². The number of ether oxygens (including phenoxy) is 2. The molecule has 0 atom stereocenters. The third-order valence-electron chi connectivity index (χ3n) is 4.10. The predicted octanol–water partition coefficient (Wildman–Crippen LogP) is 3.16. The molecule has 1 aliphatic heterocycles. The standard InChI is InChI=1S/C19H19ClN2O4/c1-12-3-5-15(20)10-16(12)22(13(2)23)8-7-21-19(24)14-4-6-17-18(9-14)26-11-25-17/h3-6,9-10H,7-8,11H2,1-2H3,(H,21,24). The molecular weight excluding hydrogens is 356 g/mol. The lowest BCUT2D eigenvalue weighted by Crippen LogP contribution is -2.38. The van der Waals surface area contributed by atoms with Crippen LogP contribution in [0.4, 0.5) is 5.69 Å². The molecule has 0 saturated heterocycles. The molecule has 0 saturated carbocycles. The van der Waals surface area contributed by atoms with Crippen molar-refractivity contribution in [3.05, 3.63) is 52.5 Å². The molecule has 0 bridgehead atoms. The van der Waals surface area contributed by atoms with Crippen molar-refractivity contribution in [2.75, 3.05) is 24.8 Å². The van der Waals surface area contributed by atoms with Gasteiger partial charge in [-0.25, -0.2) is 0 Å². The highest BCUT2D eigenvalue weighted by Gasteiger charge is 2.17. The van der Waals surface area contributed by atoms with E-state index < -0.39 is 0 Å². The van der Waals surface area contributed by atoms with Crippen molar-refractivity contribution >= 4 is 29.1 Å². The maximum Gasteiger partial charge on any atom is 0.251 e. The van der Waals surface area contributed by atoms with Crippen molar-refractivity contribution < 1.29 is 19.1 Å². The summed E-state index contributed by atoms with van der Waals surface area (Å²) in [5.41, 5.74) is 2.15. The highest BCUT2D eigenvalue weighted by molar-refractivity contribution is 6.31. The van der Waals surface area contributed by atoms with Crippen LogP contribution in [0.5, 0.6) is 11.5 Å². The first kappa shape index (κ1) is 18.1. The monoisotopic (exact) mass is 374 g/mol. The molecule has 2 amide bonds. The van der Waals surface area contributed by atoms with E-state index in [4.69, 9.17) is 21.1 Å². The van der Waals surface area contributed by atoms with E-state index in [9.17, 15) is 9.59 Å². The third-order valence-corrected chi connectivity index (χ3v) is 4.33. The summed E-state index contributed by atoms with van der Waals surface area (Å²) in [5, 5.41) is 3.37. The summed E-state index contributed by atoms with van der Waals surface area (Å²) in [6.07, 6.45) is 0. The summed E-state index contributed by atoms with van der Waals surface area (Å²) in [6.45, 7) is 4.20. The number of carbonyl (C=O) groups is 2. The van der Waals surface area contributed by atoms with Crippen molar-refractivity contribution in [1.29, 1.82) is 0 Å². The van der Waals surface area contributed by atoms with Crippen LogP contribution < -0.4 is 19.7 Å². The number of hydrogen-bond donors (Lipinski definition) is 1. The van der Waals surface area contributed by atoms with E-state index in [1.807, 2.05) is 13.0 Å². The van der Waals surface area contributed by atoms with E-state index in [1.165, 1.54) is 6.92 Å². The molecule has 0 spiro atoms. The zero-order valence-electron chi connectivity index (χ0n) is 14.5. The Morgan fingerprint density at radius 1 is 1.15 bits per heavy atom. The number of carbonyl (C=O) groups excluding carboxylic acids is 2. The van der Waals surface area contributed by atoms with Crippen LogP contribution in [0.15, 0.2) is 36.4 Å². The fourth-order valence-corrected chi connectivity index (χ4v) is 2.91.